The highest BCUT2D eigenvalue weighted by Gasteiger charge is 2.20. The first kappa shape index (κ1) is 23.3. The Labute approximate surface area is 183 Å². The number of benzene rings is 1. The van der Waals surface area contributed by atoms with Gasteiger partial charge in [0.05, 0.1) is 16.8 Å². The lowest BCUT2D eigenvalue weighted by Gasteiger charge is -2.22. The van der Waals surface area contributed by atoms with Crippen molar-refractivity contribution >= 4 is 34.1 Å². The number of fused-ring (bicyclic) bond motifs is 1. The zero-order valence-corrected chi connectivity index (χ0v) is 18.0. The summed E-state index contributed by atoms with van der Waals surface area (Å²) < 4.78 is 41.4. The van der Waals surface area contributed by atoms with Gasteiger partial charge >= 0.3 is 0 Å². The molecule has 0 spiro atoms. The number of carbonyl (C=O) groups excluding carboxylic acids is 1. The van der Waals surface area contributed by atoms with Gasteiger partial charge in [-0.3, -0.25) is 9.48 Å². The van der Waals surface area contributed by atoms with Crippen LogP contribution in [0.4, 0.5) is 30.5 Å². The Bertz CT molecular complexity index is 1130. The molecule has 0 aliphatic rings. The minimum atomic E-state index is -2.54. The van der Waals surface area contributed by atoms with E-state index in [1.165, 1.54) is 4.68 Å². The molecule has 0 saturated carbocycles. The van der Waals surface area contributed by atoms with Gasteiger partial charge in [0.15, 0.2) is 11.6 Å². The van der Waals surface area contributed by atoms with E-state index in [0.717, 1.165) is 6.07 Å². The van der Waals surface area contributed by atoms with Crippen molar-refractivity contribution in [2.75, 3.05) is 10.6 Å². The second-order valence-electron chi connectivity index (χ2n) is 7.61. The molecule has 2 heterocycles. The Balaban J connectivity index is 1.99. The molecule has 2 aromatic heterocycles. The summed E-state index contributed by atoms with van der Waals surface area (Å²) in [6.45, 7) is 4.89. The van der Waals surface area contributed by atoms with Crippen LogP contribution in [0.25, 0.3) is 10.9 Å². The number of hydrogen-bond acceptors (Lipinski definition) is 6. The molecule has 0 radical (unpaired) electrons. The molecule has 1 amide bonds. The molecule has 0 aliphatic carbocycles. The van der Waals surface area contributed by atoms with Crippen molar-refractivity contribution < 1.29 is 18.0 Å². The van der Waals surface area contributed by atoms with E-state index in [0.29, 0.717) is 28.7 Å². The van der Waals surface area contributed by atoms with Crippen molar-refractivity contribution in [3.63, 3.8) is 0 Å². The van der Waals surface area contributed by atoms with E-state index in [-0.39, 0.29) is 29.3 Å². The Morgan fingerprint density at radius 3 is 2.56 bits per heavy atom. The molecule has 3 aromatic rings. The Morgan fingerprint density at radius 2 is 1.97 bits per heavy atom. The van der Waals surface area contributed by atoms with E-state index >= 15 is 0 Å². The van der Waals surface area contributed by atoms with E-state index in [1.807, 2.05) is 6.92 Å². The number of aryl methyl sites for hydroxylation is 1. The zero-order chi connectivity index (χ0) is 23.6. The van der Waals surface area contributed by atoms with Crippen LogP contribution in [0, 0.1) is 12.7 Å². The monoisotopic (exact) mass is 449 g/mol. The van der Waals surface area contributed by atoms with Crippen LogP contribution in [0.1, 0.15) is 36.3 Å². The van der Waals surface area contributed by atoms with E-state index in [2.05, 4.69) is 20.7 Å². The van der Waals surface area contributed by atoms with Gasteiger partial charge in [0.25, 0.3) is 12.3 Å². The average molecular weight is 449 g/mol. The van der Waals surface area contributed by atoms with Gasteiger partial charge in [-0.25, -0.2) is 18.2 Å². The van der Waals surface area contributed by atoms with Crippen LogP contribution >= 0.6 is 0 Å². The zero-order valence-electron chi connectivity index (χ0n) is 18.0. The molecule has 0 aliphatic heterocycles. The molecule has 0 saturated heterocycles. The van der Waals surface area contributed by atoms with Crippen LogP contribution in [0.3, 0.4) is 0 Å². The number of amides is 1. The van der Waals surface area contributed by atoms with Crippen molar-refractivity contribution in [2.24, 2.45) is 11.5 Å². The second kappa shape index (κ2) is 9.43. The summed E-state index contributed by atoms with van der Waals surface area (Å²) in [5, 5.41) is 10.7. The third-order valence-electron chi connectivity index (χ3n) is 5.15. The highest BCUT2D eigenvalue weighted by Crippen LogP contribution is 2.28. The van der Waals surface area contributed by atoms with Gasteiger partial charge in [-0.05, 0) is 44.5 Å². The number of nitrogens with two attached hydrogens (primary N) is 2. The van der Waals surface area contributed by atoms with Gasteiger partial charge in [0.1, 0.15) is 12.4 Å². The summed E-state index contributed by atoms with van der Waals surface area (Å²) in [6, 6.07) is 5.48. The number of hydrogen-bond donors (Lipinski definition) is 4. The largest absolute Gasteiger partial charge is 0.365 e. The van der Waals surface area contributed by atoms with Crippen molar-refractivity contribution in [3.8, 4) is 0 Å². The topological polar surface area (TPSA) is 124 Å². The maximum Gasteiger partial charge on any atom is 0.257 e. The summed E-state index contributed by atoms with van der Waals surface area (Å²) in [5.74, 6) is -1.60. The first-order chi connectivity index (χ1) is 15.1. The molecule has 172 valence electrons. The molecule has 0 fully saturated rings. The molecular weight excluding hydrogens is 423 g/mol. The quantitative estimate of drug-likeness (QED) is 0.396. The van der Waals surface area contributed by atoms with Gasteiger partial charge in [0, 0.05) is 23.2 Å². The minimum absolute atomic E-state index is 0.0536. The summed E-state index contributed by atoms with van der Waals surface area (Å²) in [6.07, 6.45) is -1.90. The maximum atomic E-state index is 14.6. The number of rotatable bonds is 9. The fourth-order valence-corrected chi connectivity index (χ4v) is 3.48. The number of halogens is 3. The number of pyridine rings is 1. The smallest absolute Gasteiger partial charge is 0.257 e. The second-order valence-corrected chi connectivity index (χ2v) is 7.61. The molecule has 1 aromatic carbocycles. The third kappa shape index (κ3) is 4.93. The first-order valence-corrected chi connectivity index (χ1v) is 10.2. The van der Waals surface area contributed by atoms with E-state index in [9.17, 15) is 18.0 Å². The van der Waals surface area contributed by atoms with Crippen molar-refractivity contribution in [2.45, 2.75) is 52.2 Å². The number of carbonyl (C=O) groups is 1. The Hall–Kier alpha value is -3.34. The van der Waals surface area contributed by atoms with Crippen molar-refractivity contribution in [3.05, 3.63) is 41.3 Å². The van der Waals surface area contributed by atoms with Gasteiger partial charge in [-0.2, -0.15) is 5.10 Å². The first-order valence-electron chi connectivity index (χ1n) is 10.2. The molecule has 0 unspecified atom stereocenters. The third-order valence-corrected chi connectivity index (χ3v) is 5.15. The van der Waals surface area contributed by atoms with Gasteiger partial charge < -0.3 is 22.1 Å². The van der Waals surface area contributed by atoms with E-state index in [4.69, 9.17) is 11.5 Å². The number of nitrogens with one attached hydrogen (secondary N) is 2. The van der Waals surface area contributed by atoms with E-state index < -0.39 is 24.7 Å². The minimum Gasteiger partial charge on any atom is -0.365 e. The highest BCUT2D eigenvalue weighted by atomic mass is 19.3. The molecule has 2 atom stereocenters. The van der Waals surface area contributed by atoms with Gasteiger partial charge in [-0.15, -0.1) is 0 Å². The van der Waals surface area contributed by atoms with Crippen LogP contribution < -0.4 is 22.1 Å². The van der Waals surface area contributed by atoms with Crippen LogP contribution in [-0.2, 0) is 6.54 Å². The van der Waals surface area contributed by atoms with Crippen molar-refractivity contribution in [1.29, 1.82) is 0 Å². The molecule has 0 bridgehead atoms. The van der Waals surface area contributed by atoms with Crippen molar-refractivity contribution in [1.82, 2.24) is 14.8 Å². The number of aromatic nitrogens is 3. The van der Waals surface area contributed by atoms with Crippen LogP contribution in [0.15, 0.2) is 24.3 Å². The lowest BCUT2D eigenvalue weighted by atomic mass is 10.1. The predicted molar refractivity (Wildman–Crippen MR) is 118 cm³/mol. The lowest BCUT2D eigenvalue weighted by Crippen LogP contribution is -2.38. The Kier molecular flexibility index (Phi) is 6.87. The average Bonchev–Trinajstić information content (AvgIpc) is 3.01. The summed E-state index contributed by atoms with van der Waals surface area (Å²) in [4.78, 5) is 16.1. The van der Waals surface area contributed by atoms with Crippen LogP contribution in [-0.4, -0.2) is 39.2 Å². The summed E-state index contributed by atoms with van der Waals surface area (Å²) in [7, 11) is 0. The fourth-order valence-electron chi connectivity index (χ4n) is 3.48. The van der Waals surface area contributed by atoms with Crippen LogP contribution in [0.2, 0.25) is 0 Å². The molecule has 32 heavy (non-hydrogen) atoms. The molecular formula is C21H26F3N7O. The number of anilines is 3. The number of primary amides is 1. The molecule has 3 rings (SSSR count). The van der Waals surface area contributed by atoms with E-state index in [1.54, 1.807) is 32.0 Å². The maximum absolute atomic E-state index is 14.6. The SMILES string of the molecule is CC[C@@H](Nc1nc(Nc2ccc3c(c2)c(C)nn3CC(F)F)c(C(N)=O)cc1F)[C@H](C)N. The number of alkyl halides is 2. The summed E-state index contributed by atoms with van der Waals surface area (Å²) >= 11 is 0. The lowest BCUT2D eigenvalue weighted by molar-refractivity contribution is 0.1000. The molecule has 8 nitrogen and oxygen atoms in total. The normalized spacial score (nSPS) is 13.4. The van der Waals surface area contributed by atoms with Crippen LogP contribution in [0.5, 0.6) is 0 Å². The Morgan fingerprint density at radius 1 is 1.25 bits per heavy atom. The predicted octanol–water partition coefficient (Wildman–Crippen LogP) is 3.52. The molecule has 6 N–H and O–H groups in total. The standard InChI is InChI=1S/C21H26F3N7O/c1-4-16(10(2)25)28-21-15(22)8-14(19(26)32)20(29-21)27-12-5-6-17-13(7-12)11(3)30-31(17)9-18(23)24/h5-8,10,16,18H,4,9,25H2,1-3H3,(H2,26,32)(H2,27,28,29)/t10-,16+/m0/s1. The fraction of sp³-hybridized carbons (Fsp3) is 0.381. The van der Waals surface area contributed by atoms with Gasteiger partial charge in [0.2, 0.25) is 0 Å². The highest BCUT2D eigenvalue weighted by molar-refractivity contribution is 5.99. The molecule has 11 heteroatoms. The van der Waals surface area contributed by atoms with Gasteiger partial charge in [-0.1, -0.05) is 6.92 Å². The number of nitrogens with zero attached hydrogens (tertiary/aromatic N) is 3. The summed E-state index contributed by atoms with van der Waals surface area (Å²) in [5.41, 5.74) is 12.8.